The van der Waals surface area contributed by atoms with Gasteiger partial charge in [0, 0.05) is 32.9 Å². The Labute approximate surface area is 210 Å². The second-order valence-corrected chi connectivity index (χ2v) is 9.76. The Morgan fingerprint density at radius 3 is 2.43 bits per heavy atom. The molecular weight excluding hydrogens is 452 g/mol. The maximum Gasteiger partial charge on any atom is 0.294 e. The highest BCUT2D eigenvalue weighted by Crippen LogP contribution is 2.38. The molecule has 202 valence electrons. The number of allylic oxidation sites excluding steroid dienone is 2. The van der Waals surface area contributed by atoms with Crippen molar-refractivity contribution >= 4 is 11.7 Å². The summed E-state index contributed by atoms with van der Waals surface area (Å²) >= 11 is 0. The van der Waals surface area contributed by atoms with E-state index in [-0.39, 0.29) is 30.1 Å². The fourth-order valence-electron chi connectivity index (χ4n) is 4.78. The lowest BCUT2D eigenvalue weighted by Crippen LogP contribution is -2.28. The Morgan fingerprint density at radius 2 is 1.71 bits per heavy atom. The van der Waals surface area contributed by atoms with Gasteiger partial charge in [-0.25, -0.2) is 0 Å². The van der Waals surface area contributed by atoms with Gasteiger partial charge in [0.15, 0.2) is 0 Å². The van der Waals surface area contributed by atoms with E-state index in [1.165, 1.54) is 19.3 Å². The highest BCUT2D eigenvalue weighted by molar-refractivity contribution is 5.78. The third-order valence-electron chi connectivity index (χ3n) is 6.93. The maximum absolute atomic E-state index is 12.2. The van der Waals surface area contributed by atoms with Crippen LogP contribution in [0.5, 0.6) is 0 Å². The molecule has 4 atom stereocenters. The van der Waals surface area contributed by atoms with Crippen molar-refractivity contribution in [3.05, 3.63) is 22.3 Å². The molecule has 0 bridgehead atoms. The highest BCUT2D eigenvalue weighted by Gasteiger charge is 2.40. The highest BCUT2D eigenvalue weighted by atomic mass is 16.9. The zero-order valence-electron chi connectivity index (χ0n) is 21.6. The van der Waals surface area contributed by atoms with Crippen LogP contribution in [-0.2, 0) is 14.4 Å². The monoisotopic (exact) mass is 498 g/mol. The minimum absolute atomic E-state index is 0.0102. The molecule has 35 heavy (non-hydrogen) atoms. The number of nitrogens with zero attached hydrogens (tertiary/aromatic N) is 2. The van der Waals surface area contributed by atoms with E-state index >= 15 is 0 Å². The van der Waals surface area contributed by atoms with Crippen molar-refractivity contribution in [3.8, 4) is 0 Å². The lowest BCUT2D eigenvalue weighted by atomic mass is 9.86. The number of carbonyl (C=O) groups excluding carboxylic acids is 2. The Balaban J connectivity index is 2.27. The predicted octanol–water partition coefficient (Wildman–Crippen LogP) is 4.23. The van der Waals surface area contributed by atoms with Crippen LogP contribution in [0.15, 0.2) is 12.2 Å². The van der Waals surface area contributed by atoms with E-state index < -0.39 is 17.3 Å². The summed E-state index contributed by atoms with van der Waals surface area (Å²) in [5.74, 6) is 0.134. The number of aliphatic hydroxyl groups excluding tert-OH is 2. The summed E-state index contributed by atoms with van der Waals surface area (Å²) in [5.41, 5.74) is 0. The molecule has 0 aromatic rings. The smallest absolute Gasteiger partial charge is 0.294 e. The lowest BCUT2D eigenvalue weighted by molar-refractivity contribution is -0.757. The molecule has 1 aliphatic rings. The van der Waals surface area contributed by atoms with Crippen LogP contribution in [0.2, 0.25) is 0 Å². The number of aliphatic hydroxyl groups is 2. The minimum Gasteiger partial charge on any atom is -0.393 e. The van der Waals surface area contributed by atoms with E-state index in [4.69, 9.17) is 0 Å². The quantitative estimate of drug-likeness (QED) is 0.111. The van der Waals surface area contributed by atoms with Crippen molar-refractivity contribution in [3.63, 3.8) is 0 Å². The van der Waals surface area contributed by atoms with Gasteiger partial charge in [-0.15, -0.1) is 10.1 Å². The number of hydrogen-bond acceptors (Lipinski definition) is 7. The van der Waals surface area contributed by atoms with Gasteiger partial charge in [0.25, 0.3) is 5.09 Å². The van der Waals surface area contributed by atoms with E-state index in [1.807, 2.05) is 12.2 Å². The van der Waals surface area contributed by atoms with Gasteiger partial charge < -0.3 is 20.0 Å². The van der Waals surface area contributed by atoms with Gasteiger partial charge in [0.05, 0.1) is 18.8 Å². The van der Waals surface area contributed by atoms with Gasteiger partial charge in [0.1, 0.15) is 5.78 Å². The molecule has 1 saturated carbocycles. The average molecular weight is 499 g/mol. The van der Waals surface area contributed by atoms with Gasteiger partial charge in [-0.3, -0.25) is 9.59 Å². The molecule has 0 spiro atoms. The molecule has 1 rings (SSSR count). The summed E-state index contributed by atoms with van der Waals surface area (Å²) in [6.07, 6.45) is 13.5. The van der Waals surface area contributed by atoms with Crippen molar-refractivity contribution < 1.29 is 29.7 Å². The number of Topliss-reactive ketones (excluding diaryl/α,β-unsaturated/α-hetero) is 1. The van der Waals surface area contributed by atoms with Gasteiger partial charge in [-0.1, -0.05) is 44.8 Å². The summed E-state index contributed by atoms with van der Waals surface area (Å²) in [7, 11) is 1.68. The molecule has 9 heteroatoms. The molecule has 1 fully saturated rings. The first kappa shape index (κ1) is 31.0. The van der Waals surface area contributed by atoms with Crippen molar-refractivity contribution in [1.82, 2.24) is 4.90 Å². The van der Waals surface area contributed by atoms with E-state index in [2.05, 4.69) is 11.8 Å². The number of unbranched alkanes of at least 4 members (excludes halogenated alkanes) is 5. The van der Waals surface area contributed by atoms with Gasteiger partial charge in [-0.2, -0.15) is 0 Å². The standard InChI is InChI=1S/C26H46N2O7/c1-3-4-5-6-9-13-21(29)16-17-23-22(24(30)20-25(23)31)14-10-7-8-11-15-26(32)27(2)18-12-19-35-28(33)34/h7,10,22-25,30-31H,3-6,8-9,11-20H2,1-2H3/b10-7-/t22-,23-,24+,25-/m1/s1. The largest absolute Gasteiger partial charge is 0.393 e. The normalized spacial score (nSPS) is 21.9. The Kier molecular flexibility index (Phi) is 16.2. The summed E-state index contributed by atoms with van der Waals surface area (Å²) in [6.45, 7) is 2.56. The van der Waals surface area contributed by atoms with E-state index in [9.17, 15) is 29.9 Å². The number of carbonyl (C=O) groups is 2. The van der Waals surface area contributed by atoms with Crippen LogP contribution in [0.1, 0.15) is 96.8 Å². The molecule has 9 nitrogen and oxygen atoms in total. The molecule has 1 aliphatic carbocycles. The molecule has 0 aromatic carbocycles. The van der Waals surface area contributed by atoms with Crippen LogP contribution in [0, 0.1) is 22.0 Å². The summed E-state index contributed by atoms with van der Waals surface area (Å²) < 4.78 is 0. The van der Waals surface area contributed by atoms with Crippen LogP contribution in [0.3, 0.4) is 0 Å². The average Bonchev–Trinajstić information content (AvgIpc) is 3.08. The third kappa shape index (κ3) is 13.6. The van der Waals surface area contributed by atoms with Gasteiger partial charge in [-0.05, 0) is 56.8 Å². The van der Waals surface area contributed by atoms with E-state index in [1.54, 1.807) is 11.9 Å². The van der Waals surface area contributed by atoms with Gasteiger partial charge in [0.2, 0.25) is 5.91 Å². The zero-order valence-corrected chi connectivity index (χ0v) is 21.6. The topological polar surface area (TPSA) is 130 Å². The molecular formula is C26H46N2O7. The van der Waals surface area contributed by atoms with Crippen LogP contribution in [0.25, 0.3) is 0 Å². The first-order valence-electron chi connectivity index (χ1n) is 13.3. The Morgan fingerprint density at radius 1 is 1.00 bits per heavy atom. The van der Waals surface area contributed by atoms with Crippen LogP contribution >= 0.6 is 0 Å². The Hall–Kier alpha value is -2.00. The predicted molar refractivity (Wildman–Crippen MR) is 134 cm³/mol. The minimum atomic E-state index is -0.836. The van der Waals surface area contributed by atoms with Crippen LogP contribution in [-0.4, -0.2) is 64.3 Å². The van der Waals surface area contributed by atoms with E-state index in [0.717, 1.165) is 19.3 Å². The van der Waals surface area contributed by atoms with Crippen molar-refractivity contribution in [2.45, 2.75) is 109 Å². The molecule has 0 unspecified atom stereocenters. The van der Waals surface area contributed by atoms with Crippen molar-refractivity contribution in [2.75, 3.05) is 20.2 Å². The van der Waals surface area contributed by atoms with E-state index in [0.29, 0.717) is 57.9 Å². The molecule has 0 saturated heterocycles. The number of hydrogen-bond donors (Lipinski definition) is 2. The fourth-order valence-corrected chi connectivity index (χ4v) is 4.78. The fraction of sp³-hybridized carbons (Fsp3) is 0.846. The molecule has 2 N–H and O–H groups in total. The van der Waals surface area contributed by atoms with Crippen LogP contribution < -0.4 is 0 Å². The molecule has 0 aliphatic heterocycles. The molecule has 0 radical (unpaired) electrons. The summed E-state index contributed by atoms with van der Waals surface area (Å²) in [6, 6.07) is 0. The molecule has 1 amide bonds. The molecule has 0 heterocycles. The number of amides is 1. The molecule has 0 aromatic heterocycles. The van der Waals surface area contributed by atoms with Crippen LogP contribution in [0.4, 0.5) is 0 Å². The van der Waals surface area contributed by atoms with Crippen molar-refractivity contribution in [1.29, 1.82) is 0 Å². The maximum atomic E-state index is 12.2. The third-order valence-corrected chi connectivity index (χ3v) is 6.93. The number of rotatable bonds is 20. The first-order valence-corrected chi connectivity index (χ1v) is 13.3. The second kappa shape index (κ2) is 18.3. The number of ketones is 1. The summed E-state index contributed by atoms with van der Waals surface area (Å²) in [5, 5.41) is 30.1. The summed E-state index contributed by atoms with van der Waals surface area (Å²) in [4.78, 5) is 40.3. The SMILES string of the molecule is CCCCCCCC(=O)CC[C@@H]1[C@@H](C/C=C\CCCC(=O)N(C)CCCO[N+](=O)[O-])[C@@H](O)C[C@H]1O. The van der Waals surface area contributed by atoms with Crippen molar-refractivity contribution in [2.24, 2.45) is 11.8 Å². The lowest BCUT2D eigenvalue weighted by Gasteiger charge is -2.22. The first-order chi connectivity index (χ1) is 16.8. The van der Waals surface area contributed by atoms with Gasteiger partial charge >= 0.3 is 0 Å². The Bertz CT molecular complexity index is 656. The zero-order chi connectivity index (χ0) is 26.1. The second-order valence-electron chi connectivity index (χ2n) is 9.76.